The largest absolute Gasteiger partial charge is 0.374 e. The molecule has 0 radical (unpaired) electrons. The van der Waals surface area contributed by atoms with E-state index in [-0.39, 0.29) is 5.91 Å². The first-order valence-corrected chi connectivity index (χ1v) is 6.41. The summed E-state index contributed by atoms with van der Waals surface area (Å²) in [4.78, 5) is 11.6. The molecule has 1 aromatic rings. The molecule has 1 aliphatic rings. The van der Waals surface area contributed by atoms with E-state index >= 15 is 0 Å². The van der Waals surface area contributed by atoms with Crippen molar-refractivity contribution in [1.82, 2.24) is 5.32 Å². The number of benzene rings is 1. The molecule has 3 nitrogen and oxygen atoms in total. The first-order valence-electron chi connectivity index (χ1n) is 6.41. The Labute approximate surface area is 108 Å². The van der Waals surface area contributed by atoms with Crippen molar-refractivity contribution in [1.29, 1.82) is 0 Å². The number of amides is 1. The Kier molecular flexibility index (Phi) is 4.15. The normalized spacial score (nSPS) is 16.2. The number of rotatable bonds is 4. The Morgan fingerprint density at radius 2 is 2.11 bits per heavy atom. The van der Waals surface area contributed by atoms with Crippen LogP contribution in [0.2, 0.25) is 0 Å². The van der Waals surface area contributed by atoms with Crippen LogP contribution in [0, 0.1) is 0 Å². The van der Waals surface area contributed by atoms with Crippen LogP contribution in [0.3, 0.4) is 0 Å². The van der Waals surface area contributed by atoms with E-state index in [0.717, 1.165) is 6.42 Å². The molecule has 0 aliphatic heterocycles. The standard InChI is InChI=1S/C15H19NO2/c1-11(17)16-15(18)14-8-6-13(7-9-14)10-12-4-2-3-5-12/h4,6-9,11,17H,2-3,5,10H2,1H3,(H,16,18). The second-order valence-corrected chi connectivity index (χ2v) is 4.78. The third kappa shape index (κ3) is 3.44. The summed E-state index contributed by atoms with van der Waals surface area (Å²) in [7, 11) is 0. The zero-order valence-electron chi connectivity index (χ0n) is 10.6. The molecule has 1 unspecified atom stereocenters. The summed E-state index contributed by atoms with van der Waals surface area (Å²) in [6.45, 7) is 1.53. The van der Waals surface area contributed by atoms with Gasteiger partial charge in [0.2, 0.25) is 0 Å². The molecule has 1 aliphatic carbocycles. The van der Waals surface area contributed by atoms with Crippen LogP contribution in [-0.4, -0.2) is 17.2 Å². The number of aliphatic hydroxyl groups is 1. The van der Waals surface area contributed by atoms with Gasteiger partial charge in [0.15, 0.2) is 0 Å². The molecule has 0 aromatic heterocycles. The summed E-state index contributed by atoms with van der Waals surface area (Å²) >= 11 is 0. The Hall–Kier alpha value is -1.61. The number of hydrogen-bond donors (Lipinski definition) is 2. The fourth-order valence-corrected chi connectivity index (χ4v) is 2.21. The number of allylic oxidation sites excluding steroid dienone is 2. The van der Waals surface area contributed by atoms with Crippen LogP contribution in [0.1, 0.15) is 42.1 Å². The molecule has 1 aromatic carbocycles. The summed E-state index contributed by atoms with van der Waals surface area (Å²) in [6, 6.07) is 7.58. The van der Waals surface area contributed by atoms with Gasteiger partial charge in [-0.3, -0.25) is 4.79 Å². The van der Waals surface area contributed by atoms with Crippen molar-refractivity contribution < 1.29 is 9.90 Å². The second kappa shape index (κ2) is 5.83. The molecule has 0 saturated carbocycles. The Morgan fingerprint density at radius 1 is 1.39 bits per heavy atom. The summed E-state index contributed by atoms with van der Waals surface area (Å²) in [5, 5.41) is 11.5. The Balaban J connectivity index is 1.98. The highest BCUT2D eigenvalue weighted by atomic mass is 16.3. The number of carbonyl (C=O) groups is 1. The van der Waals surface area contributed by atoms with Crippen molar-refractivity contribution in [3.63, 3.8) is 0 Å². The monoisotopic (exact) mass is 245 g/mol. The van der Waals surface area contributed by atoms with Gasteiger partial charge in [-0.2, -0.15) is 0 Å². The van der Waals surface area contributed by atoms with Crippen LogP contribution in [0.15, 0.2) is 35.9 Å². The summed E-state index contributed by atoms with van der Waals surface area (Å²) in [6.07, 6.45) is 6.14. The molecule has 0 spiro atoms. The van der Waals surface area contributed by atoms with Crippen LogP contribution >= 0.6 is 0 Å². The lowest BCUT2D eigenvalue weighted by molar-refractivity contribution is 0.0819. The molecule has 0 saturated heterocycles. The molecule has 18 heavy (non-hydrogen) atoms. The summed E-state index contributed by atoms with van der Waals surface area (Å²) in [5.41, 5.74) is 3.31. The van der Waals surface area contributed by atoms with Gasteiger partial charge in [0.1, 0.15) is 6.23 Å². The summed E-state index contributed by atoms with van der Waals surface area (Å²) in [5.74, 6) is -0.239. The molecule has 0 heterocycles. The number of hydrogen-bond acceptors (Lipinski definition) is 2. The van der Waals surface area contributed by atoms with Gasteiger partial charge in [0.05, 0.1) is 0 Å². The highest BCUT2D eigenvalue weighted by Gasteiger charge is 2.09. The van der Waals surface area contributed by atoms with Crippen molar-refractivity contribution in [2.75, 3.05) is 0 Å². The van der Waals surface area contributed by atoms with E-state index in [9.17, 15) is 4.79 Å². The minimum Gasteiger partial charge on any atom is -0.374 e. The van der Waals surface area contributed by atoms with Crippen LogP contribution in [0.25, 0.3) is 0 Å². The van der Waals surface area contributed by atoms with Crippen LogP contribution in [0.4, 0.5) is 0 Å². The number of nitrogens with one attached hydrogen (secondary N) is 1. The first kappa shape index (κ1) is 12.8. The van der Waals surface area contributed by atoms with E-state index in [0.29, 0.717) is 5.56 Å². The third-order valence-corrected chi connectivity index (χ3v) is 3.12. The molecular formula is C15H19NO2. The predicted molar refractivity (Wildman–Crippen MR) is 71.2 cm³/mol. The lowest BCUT2D eigenvalue weighted by Crippen LogP contribution is -2.31. The predicted octanol–water partition coefficient (Wildman–Crippen LogP) is 2.41. The molecule has 0 fully saturated rings. The van der Waals surface area contributed by atoms with Gasteiger partial charge in [-0.1, -0.05) is 23.8 Å². The van der Waals surface area contributed by atoms with E-state index in [1.807, 2.05) is 24.3 Å². The zero-order valence-corrected chi connectivity index (χ0v) is 10.6. The molecule has 0 bridgehead atoms. The van der Waals surface area contributed by atoms with E-state index in [1.54, 1.807) is 0 Å². The number of aliphatic hydroxyl groups excluding tert-OH is 1. The third-order valence-electron chi connectivity index (χ3n) is 3.12. The van der Waals surface area contributed by atoms with Crippen LogP contribution in [0.5, 0.6) is 0 Å². The minimum absolute atomic E-state index is 0.239. The average molecular weight is 245 g/mol. The van der Waals surface area contributed by atoms with Gasteiger partial charge in [0.25, 0.3) is 5.91 Å². The Bertz CT molecular complexity index is 446. The minimum atomic E-state index is -0.819. The topological polar surface area (TPSA) is 49.3 Å². The lowest BCUT2D eigenvalue weighted by Gasteiger charge is -2.08. The molecule has 2 rings (SSSR count). The van der Waals surface area contributed by atoms with Crippen molar-refractivity contribution >= 4 is 5.91 Å². The van der Waals surface area contributed by atoms with E-state index in [4.69, 9.17) is 5.11 Å². The van der Waals surface area contributed by atoms with Crippen molar-refractivity contribution in [2.45, 2.75) is 38.8 Å². The van der Waals surface area contributed by atoms with Gasteiger partial charge < -0.3 is 10.4 Å². The van der Waals surface area contributed by atoms with E-state index in [1.165, 1.54) is 37.3 Å². The highest BCUT2D eigenvalue weighted by Crippen LogP contribution is 2.21. The zero-order chi connectivity index (χ0) is 13.0. The SMILES string of the molecule is CC(O)NC(=O)c1ccc(CC2=CCCC2)cc1. The maximum atomic E-state index is 11.6. The Morgan fingerprint density at radius 3 is 2.67 bits per heavy atom. The van der Waals surface area contributed by atoms with Gasteiger partial charge >= 0.3 is 0 Å². The van der Waals surface area contributed by atoms with Crippen molar-refractivity contribution in [3.8, 4) is 0 Å². The maximum absolute atomic E-state index is 11.6. The lowest BCUT2D eigenvalue weighted by atomic mass is 10.0. The van der Waals surface area contributed by atoms with Crippen molar-refractivity contribution in [2.24, 2.45) is 0 Å². The highest BCUT2D eigenvalue weighted by molar-refractivity contribution is 5.94. The fraction of sp³-hybridized carbons (Fsp3) is 0.400. The molecule has 2 N–H and O–H groups in total. The second-order valence-electron chi connectivity index (χ2n) is 4.78. The first-order chi connectivity index (χ1) is 8.65. The smallest absolute Gasteiger partial charge is 0.253 e. The van der Waals surface area contributed by atoms with Gasteiger partial charge in [0, 0.05) is 5.56 Å². The maximum Gasteiger partial charge on any atom is 0.253 e. The van der Waals surface area contributed by atoms with Crippen LogP contribution in [-0.2, 0) is 6.42 Å². The fourth-order valence-electron chi connectivity index (χ4n) is 2.21. The molecule has 1 amide bonds. The van der Waals surface area contributed by atoms with E-state index < -0.39 is 6.23 Å². The van der Waals surface area contributed by atoms with Crippen molar-refractivity contribution in [3.05, 3.63) is 47.0 Å². The van der Waals surface area contributed by atoms with E-state index in [2.05, 4.69) is 11.4 Å². The molecule has 96 valence electrons. The molecule has 1 atom stereocenters. The quantitative estimate of drug-likeness (QED) is 0.632. The van der Waals surface area contributed by atoms with Crippen LogP contribution < -0.4 is 5.32 Å². The van der Waals surface area contributed by atoms with Gasteiger partial charge in [-0.15, -0.1) is 0 Å². The number of carbonyl (C=O) groups excluding carboxylic acids is 1. The molecular weight excluding hydrogens is 226 g/mol. The summed E-state index contributed by atoms with van der Waals surface area (Å²) < 4.78 is 0. The average Bonchev–Trinajstić information content (AvgIpc) is 2.82. The molecule has 3 heteroatoms. The van der Waals surface area contributed by atoms with Gasteiger partial charge in [-0.25, -0.2) is 0 Å². The van der Waals surface area contributed by atoms with Gasteiger partial charge in [-0.05, 0) is 50.3 Å².